The van der Waals surface area contributed by atoms with Gasteiger partial charge in [0, 0.05) is 32.4 Å². The normalized spacial score (nSPS) is 18.7. The van der Waals surface area contributed by atoms with E-state index in [1.807, 2.05) is 29.2 Å². The van der Waals surface area contributed by atoms with E-state index in [4.69, 9.17) is 9.47 Å². The summed E-state index contributed by atoms with van der Waals surface area (Å²) in [5, 5.41) is 9.86. The minimum absolute atomic E-state index is 0.0426. The van der Waals surface area contributed by atoms with Crippen LogP contribution in [0.25, 0.3) is 0 Å². The molecule has 1 atom stereocenters. The van der Waals surface area contributed by atoms with Crippen LogP contribution in [0.3, 0.4) is 0 Å². The van der Waals surface area contributed by atoms with E-state index in [2.05, 4.69) is 0 Å². The van der Waals surface area contributed by atoms with E-state index in [1.165, 1.54) is 0 Å². The average Bonchev–Trinajstić information content (AvgIpc) is 2.57. The second-order valence-electron chi connectivity index (χ2n) is 7.04. The Morgan fingerprint density at radius 1 is 1.46 bits per heavy atom. The maximum atomic E-state index is 12.8. The first-order chi connectivity index (χ1) is 11.4. The van der Waals surface area contributed by atoms with Crippen molar-refractivity contribution in [3.63, 3.8) is 0 Å². The molecular weight excluding hydrogens is 306 g/mol. The predicted octanol–water partition coefficient (Wildman–Crippen LogP) is 2.27. The lowest BCUT2D eigenvalue weighted by atomic mass is 9.97. The first kappa shape index (κ1) is 18.9. The Hall–Kier alpha value is -1.43. The van der Waals surface area contributed by atoms with Crippen molar-refractivity contribution in [3.05, 3.63) is 35.4 Å². The molecule has 1 fully saturated rings. The second-order valence-corrected chi connectivity index (χ2v) is 7.04. The van der Waals surface area contributed by atoms with Gasteiger partial charge in [0.2, 0.25) is 0 Å². The topological polar surface area (TPSA) is 59.0 Å². The summed E-state index contributed by atoms with van der Waals surface area (Å²) >= 11 is 0. The number of nitrogens with zero attached hydrogens (tertiary/aromatic N) is 1. The highest BCUT2D eigenvalue weighted by Gasteiger charge is 2.25. The van der Waals surface area contributed by atoms with E-state index < -0.39 is 5.60 Å². The van der Waals surface area contributed by atoms with E-state index in [1.54, 1.807) is 21.0 Å². The fraction of sp³-hybridized carbons (Fsp3) is 0.632. The monoisotopic (exact) mass is 335 g/mol. The molecule has 1 amide bonds. The Morgan fingerprint density at radius 3 is 2.96 bits per heavy atom. The summed E-state index contributed by atoms with van der Waals surface area (Å²) < 4.78 is 10.8. The molecule has 0 unspecified atom stereocenters. The third-order valence-corrected chi connectivity index (χ3v) is 4.27. The summed E-state index contributed by atoms with van der Waals surface area (Å²) in [5.74, 6) is 0.0471. The summed E-state index contributed by atoms with van der Waals surface area (Å²) in [7, 11) is 1.67. The smallest absolute Gasteiger partial charge is 0.254 e. The SMILES string of the molecule is COCC[C@H]1CN(C(=O)c2cccc(CCC(C)(C)O)c2)CCO1. The highest BCUT2D eigenvalue weighted by Crippen LogP contribution is 2.17. The Labute approximate surface area is 144 Å². The third-order valence-electron chi connectivity index (χ3n) is 4.27. The van der Waals surface area contributed by atoms with Gasteiger partial charge in [-0.3, -0.25) is 4.79 Å². The summed E-state index contributed by atoms with van der Waals surface area (Å²) in [5.41, 5.74) is 1.08. The van der Waals surface area contributed by atoms with Crippen molar-refractivity contribution < 1.29 is 19.4 Å². The minimum atomic E-state index is -0.696. The molecule has 1 aromatic rings. The average molecular weight is 335 g/mol. The highest BCUT2D eigenvalue weighted by atomic mass is 16.5. The van der Waals surface area contributed by atoms with Crippen LogP contribution in [0.1, 0.15) is 42.6 Å². The lowest BCUT2D eigenvalue weighted by Gasteiger charge is -2.33. The van der Waals surface area contributed by atoms with Gasteiger partial charge in [0.1, 0.15) is 0 Å². The fourth-order valence-corrected chi connectivity index (χ4v) is 2.82. The molecule has 1 saturated heterocycles. The molecule has 0 aliphatic carbocycles. The van der Waals surface area contributed by atoms with Crippen molar-refractivity contribution in [1.82, 2.24) is 4.90 Å². The summed E-state index contributed by atoms with van der Waals surface area (Å²) in [6.07, 6.45) is 2.26. The fourth-order valence-electron chi connectivity index (χ4n) is 2.82. The van der Waals surface area contributed by atoms with Gasteiger partial charge in [-0.15, -0.1) is 0 Å². The Balaban J connectivity index is 1.98. The molecule has 0 radical (unpaired) electrons. The second kappa shape index (κ2) is 8.60. The van der Waals surface area contributed by atoms with Gasteiger partial charge in [-0.05, 0) is 50.8 Å². The van der Waals surface area contributed by atoms with E-state index in [-0.39, 0.29) is 12.0 Å². The Kier molecular flexibility index (Phi) is 6.78. The van der Waals surface area contributed by atoms with Crippen LogP contribution in [0.2, 0.25) is 0 Å². The number of benzene rings is 1. The van der Waals surface area contributed by atoms with Crippen molar-refractivity contribution in [2.24, 2.45) is 0 Å². The summed E-state index contributed by atoms with van der Waals surface area (Å²) in [6.45, 7) is 6.04. The van der Waals surface area contributed by atoms with Crippen LogP contribution >= 0.6 is 0 Å². The molecule has 1 heterocycles. The van der Waals surface area contributed by atoms with E-state index >= 15 is 0 Å². The van der Waals surface area contributed by atoms with Gasteiger partial charge in [-0.2, -0.15) is 0 Å². The van der Waals surface area contributed by atoms with Crippen molar-refractivity contribution >= 4 is 5.91 Å². The number of hydrogen-bond acceptors (Lipinski definition) is 4. The first-order valence-corrected chi connectivity index (χ1v) is 8.60. The van der Waals surface area contributed by atoms with Crippen LogP contribution in [0.4, 0.5) is 0 Å². The third kappa shape index (κ3) is 5.89. The zero-order valence-corrected chi connectivity index (χ0v) is 15.0. The van der Waals surface area contributed by atoms with Crippen LogP contribution in [0.15, 0.2) is 24.3 Å². The maximum Gasteiger partial charge on any atom is 0.254 e. The predicted molar refractivity (Wildman–Crippen MR) is 93.2 cm³/mol. The largest absolute Gasteiger partial charge is 0.390 e. The molecule has 5 heteroatoms. The summed E-state index contributed by atoms with van der Waals surface area (Å²) in [4.78, 5) is 14.6. The molecule has 2 rings (SSSR count). The van der Waals surface area contributed by atoms with Crippen molar-refractivity contribution in [1.29, 1.82) is 0 Å². The van der Waals surface area contributed by atoms with Gasteiger partial charge in [-0.25, -0.2) is 0 Å². The zero-order valence-electron chi connectivity index (χ0n) is 15.0. The first-order valence-electron chi connectivity index (χ1n) is 8.60. The van der Waals surface area contributed by atoms with Crippen molar-refractivity contribution in [2.75, 3.05) is 33.4 Å². The molecule has 1 aromatic carbocycles. The minimum Gasteiger partial charge on any atom is -0.390 e. The number of aryl methyl sites for hydroxylation is 1. The van der Waals surface area contributed by atoms with Crippen molar-refractivity contribution in [2.45, 2.75) is 44.8 Å². The number of amides is 1. The lowest BCUT2D eigenvalue weighted by molar-refractivity contribution is -0.0332. The van der Waals surface area contributed by atoms with Gasteiger partial charge >= 0.3 is 0 Å². The molecule has 1 aliphatic heterocycles. The lowest BCUT2D eigenvalue weighted by Crippen LogP contribution is -2.46. The number of aliphatic hydroxyl groups is 1. The molecule has 0 spiro atoms. The van der Waals surface area contributed by atoms with Crippen LogP contribution in [0, 0.1) is 0 Å². The maximum absolute atomic E-state index is 12.8. The van der Waals surface area contributed by atoms with E-state index in [0.29, 0.717) is 38.3 Å². The number of carbonyl (C=O) groups excluding carboxylic acids is 1. The van der Waals surface area contributed by atoms with Crippen LogP contribution < -0.4 is 0 Å². The quantitative estimate of drug-likeness (QED) is 0.830. The highest BCUT2D eigenvalue weighted by molar-refractivity contribution is 5.94. The standard InChI is InChI=1S/C19H29NO4/c1-19(2,22)9-7-15-5-4-6-16(13-15)18(21)20-10-12-24-17(14-20)8-11-23-3/h4-6,13,17,22H,7-12,14H2,1-3H3/t17-/m0/s1. The Bertz CT molecular complexity index is 538. The van der Waals surface area contributed by atoms with Gasteiger partial charge in [0.25, 0.3) is 5.91 Å². The molecule has 0 saturated carbocycles. The van der Waals surface area contributed by atoms with Crippen LogP contribution in [-0.4, -0.2) is 61.0 Å². The number of rotatable bonds is 7. The molecule has 1 aliphatic rings. The Morgan fingerprint density at radius 2 is 2.25 bits per heavy atom. The van der Waals surface area contributed by atoms with Gasteiger partial charge in [0.15, 0.2) is 0 Å². The van der Waals surface area contributed by atoms with E-state index in [9.17, 15) is 9.90 Å². The van der Waals surface area contributed by atoms with Crippen LogP contribution in [0.5, 0.6) is 0 Å². The number of carbonyl (C=O) groups is 1. The molecule has 5 nitrogen and oxygen atoms in total. The molecule has 0 aromatic heterocycles. The van der Waals surface area contributed by atoms with Gasteiger partial charge in [-0.1, -0.05) is 12.1 Å². The van der Waals surface area contributed by atoms with Gasteiger partial charge in [0.05, 0.1) is 18.3 Å². The van der Waals surface area contributed by atoms with Crippen LogP contribution in [-0.2, 0) is 15.9 Å². The summed E-state index contributed by atoms with van der Waals surface area (Å²) in [6, 6.07) is 7.71. The van der Waals surface area contributed by atoms with Crippen molar-refractivity contribution in [3.8, 4) is 0 Å². The zero-order chi connectivity index (χ0) is 17.6. The molecule has 0 bridgehead atoms. The molecule has 134 valence electrons. The number of hydrogen-bond donors (Lipinski definition) is 1. The molecule has 24 heavy (non-hydrogen) atoms. The number of ether oxygens (including phenoxy) is 2. The van der Waals surface area contributed by atoms with Gasteiger partial charge < -0.3 is 19.5 Å². The number of methoxy groups -OCH3 is 1. The van der Waals surface area contributed by atoms with E-state index in [0.717, 1.165) is 18.4 Å². The molecular formula is C19H29NO4. The number of morpholine rings is 1. The molecule has 1 N–H and O–H groups in total.